The Balaban J connectivity index is 1.68. The topological polar surface area (TPSA) is 84.9 Å². The lowest BCUT2D eigenvalue weighted by Gasteiger charge is -2.33. The molecule has 1 aromatic carbocycles. The standard InChI is InChI=1S/C17H21NO5/c19-15(12-4-5-13-14(10-12)23-9-8-22-13)18-11-17(16(20)21)6-2-1-3-7-17/h4-5,10H,1-3,6-9,11H2,(H,18,19)(H,20,21). The maximum Gasteiger partial charge on any atom is 0.311 e. The average Bonchev–Trinajstić information content (AvgIpc) is 2.60. The molecule has 1 aromatic rings. The first-order chi connectivity index (χ1) is 11.1. The number of amides is 1. The van der Waals surface area contributed by atoms with Gasteiger partial charge in [0.2, 0.25) is 0 Å². The van der Waals surface area contributed by atoms with Gasteiger partial charge >= 0.3 is 5.97 Å². The second-order valence-corrected chi connectivity index (χ2v) is 6.19. The van der Waals surface area contributed by atoms with Crippen LogP contribution in [0.3, 0.4) is 0 Å². The fourth-order valence-electron chi connectivity index (χ4n) is 3.23. The van der Waals surface area contributed by atoms with Crippen LogP contribution in [0.1, 0.15) is 42.5 Å². The molecule has 1 heterocycles. The van der Waals surface area contributed by atoms with Gasteiger partial charge in [0.15, 0.2) is 11.5 Å². The third-order valence-corrected chi connectivity index (χ3v) is 4.66. The third kappa shape index (κ3) is 3.25. The van der Waals surface area contributed by atoms with Crippen LogP contribution < -0.4 is 14.8 Å². The molecule has 0 bridgehead atoms. The van der Waals surface area contributed by atoms with Crippen LogP contribution in [0.5, 0.6) is 11.5 Å². The van der Waals surface area contributed by atoms with Gasteiger partial charge in [-0.3, -0.25) is 9.59 Å². The molecule has 0 saturated heterocycles. The predicted octanol–water partition coefficient (Wildman–Crippen LogP) is 2.22. The number of hydrogen-bond donors (Lipinski definition) is 2. The number of aliphatic carboxylic acids is 1. The van der Waals surface area contributed by atoms with Crippen LogP contribution in [0, 0.1) is 5.41 Å². The number of carbonyl (C=O) groups excluding carboxylic acids is 1. The van der Waals surface area contributed by atoms with Crippen molar-refractivity contribution < 1.29 is 24.2 Å². The van der Waals surface area contributed by atoms with Crippen molar-refractivity contribution >= 4 is 11.9 Å². The van der Waals surface area contributed by atoms with Gasteiger partial charge in [-0.1, -0.05) is 19.3 Å². The number of carboxylic acids is 1. The lowest BCUT2D eigenvalue weighted by atomic mass is 9.74. The Bertz CT molecular complexity index is 607. The van der Waals surface area contributed by atoms with E-state index in [9.17, 15) is 14.7 Å². The van der Waals surface area contributed by atoms with Crippen LogP contribution in [0.4, 0.5) is 0 Å². The minimum atomic E-state index is -0.832. The molecular weight excluding hydrogens is 298 g/mol. The summed E-state index contributed by atoms with van der Waals surface area (Å²) in [7, 11) is 0. The first-order valence-electron chi connectivity index (χ1n) is 8.02. The van der Waals surface area contributed by atoms with Gasteiger partial charge in [-0.2, -0.15) is 0 Å². The number of ether oxygens (including phenoxy) is 2. The van der Waals surface area contributed by atoms with E-state index >= 15 is 0 Å². The highest BCUT2D eigenvalue weighted by atomic mass is 16.6. The Morgan fingerprint density at radius 3 is 2.48 bits per heavy atom. The van der Waals surface area contributed by atoms with Gasteiger partial charge in [0, 0.05) is 12.1 Å². The number of hydrogen-bond acceptors (Lipinski definition) is 4. The fraction of sp³-hybridized carbons (Fsp3) is 0.529. The first-order valence-corrected chi connectivity index (χ1v) is 8.02. The summed E-state index contributed by atoms with van der Waals surface area (Å²) in [6, 6.07) is 5.01. The van der Waals surface area contributed by atoms with Crippen LogP contribution in [0.15, 0.2) is 18.2 Å². The van der Waals surface area contributed by atoms with Gasteiger partial charge in [-0.25, -0.2) is 0 Å². The van der Waals surface area contributed by atoms with E-state index in [1.807, 2.05) is 0 Å². The van der Waals surface area contributed by atoms with E-state index in [4.69, 9.17) is 9.47 Å². The Morgan fingerprint density at radius 2 is 1.78 bits per heavy atom. The Labute approximate surface area is 134 Å². The summed E-state index contributed by atoms with van der Waals surface area (Å²) >= 11 is 0. The van der Waals surface area contributed by atoms with Crippen LogP contribution in [0.25, 0.3) is 0 Å². The second kappa shape index (κ2) is 6.48. The van der Waals surface area contributed by atoms with Gasteiger partial charge < -0.3 is 19.9 Å². The maximum absolute atomic E-state index is 12.3. The first kappa shape index (κ1) is 15.6. The molecule has 124 valence electrons. The molecular formula is C17H21NO5. The summed E-state index contributed by atoms with van der Waals surface area (Å²) in [5.41, 5.74) is -0.382. The number of carbonyl (C=O) groups is 2. The number of carboxylic acid groups (broad SMARTS) is 1. The quantitative estimate of drug-likeness (QED) is 0.889. The Hall–Kier alpha value is -2.24. The second-order valence-electron chi connectivity index (χ2n) is 6.19. The average molecular weight is 319 g/mol. The van der Waals surface area contributed by atoms with Crippen molar-refractivity contribution in [1.29, 1.82) is 0 Å². The van der Waals surface area contributed by atoms with Crippen molar-refractivity contribution in [2.24, 2.45) is 5.41 Å². The molecule has 6 nitrogen and oxygen atoms in total. The van der Waals surface area contributed by atoms with Crippen molar-refractivity contribution in [3.05, 3.63) is 23.8 Å². The molecule has 0 spiro atoms. The molecule has 0 unspecified atom stereocenters. The number of rotatable bonds is 4. The SMILES string of the molecule is O=C(NCC1(C(=O)O)CCCCC1)c1ccc2c(c1)OCCO2. The van der Waals surface area contributed by atoms with E-state index in [1.165, 1.54) is 0 Å². The van der Waals surface area contributed by atoms with Crippen molar-refractivity contribution in [3.8, 4) is 11.5 Å². The Kier molecular flexibility index (Phi) is 4.41. The zero-order valence-corrected chi connectivity index (χ0v) is 13.0. The molecule has 3 rings (SSSR count). The van der Waals surface area contributed by atoms with Crippen LogP contribution >= 0.6 is 0 Å². The molecule has 2 N–H and O–H groups in total. The lowest BCUT2D eigenvalue weighted by Crippen LogP contribution is -2.44. The van der Waals surface area contributed by atoms with E-state index in [0.717, 1.165) is 19.3 Å². The molecule has 1 aliphatic heterocycles. The molecule has 0 atom stereocenters. The number of nitrogens with one attached hydrogen (secondary N) is 1. The summed E-state index contributed by atoms with van der Waals surface area (Å²) in [5.74, 6) is 0.0736. The summed E-state index contributed by atoms with van der Waals surface area (Å²) in [6.45, 7) is 1.12. The largest absolute Gasteiger partial charge is 0.486 e. The van der Waals surface area contributed by atoms with Crippen LogP contribution in [0.2, 0.25) is 0 Å². The molecule has 23 heavy (non-hydrogen) atoms. The fourth-order valence-corrected chi connectivity index (χ4v) is 3.23. The van der Waals surface area contributed by atoms with Crippen molar-refractivity contribution in [3.63, 3.8) is 0 Å². The summed E-state index contributed by atoms with van der Waals surface area (Å²) in [5, 5.41) is 12.3. The summed E-state index contributed by atoms with van der Waals surface area (Å²) < 4.78 is 10.9. The molecule has 0 radical (unpaired) electrons. The highest BCUT2D eigenvalue weighted by Gasteiger charge is 2.39. The van der Waals surface area contributed by atoms with Crippen molar-refractivity contribution in [1.82, 2.24) is 5.32 Å². The Morgan fingerprint density at radius 1 is 1.09 bits per heavy atom. The molecule has 2 aliphatic rings. The summed E-state index contributed by atoms with van der Waals surface area (Å²) in [6.07, 6.45) is 4.08. The van der Waals surface area contributed by atoms with E-state index in [1.54, 1.807) is 18.2 Å². The molecule has 1 amide bonds. The highest BCUT2D eigenvalue weighted by molar-refractivity contribution is 5.95. The normalized spacial score (nSPS) is 19.0. The minimum absolute atomic E-state index is 0.162. The van der Waals surface area contributed by atoms with Gasteiger partial charge in [0.1, 0.15) is 13.2 Å². The van der Waals surface area contributed by atoms with Gasteiger partial charge in [-0.05, 0) is 31.0 Å². The zero-order chi connectivity index (χ0) is 16.3. The summed E-state index contributed by atoms with van der Waals surface area (Å²) in [4.78, 5) is 24.0. The smallest absolute Gasteiger partial charge is 0.311 e. The van der Waals surface area contributed by atoms with Gasteiger partial charge in [-0.15, -0.1) is 0 Å². The van der Waals surface area contributed by atoms with E-state index in [2.05, 4.69) is 5.32 Å². The molecule has 0 aromatic heterocycles. The van der Waals surface area contributed by atoms with Gasteiger partial charge in [0.05, 0.1) is 5.41 Å². The number of fused-ring (bicyclic) bond motifs is 1. The molecule has 1 fully saturated rings. The van der Waals surface area contributed by atoms with Crippen molar-refractivity contribution in [2.75, 3.05) is 19.8 Å². The molecule has 1 saturated carbocycles. The van der Waals surface area contributed by atoms with Crippen LogP contribution in [-0.4, -0.2) is 36.7 Å². The van der Waals surface area contributed by atoms with E-state index in [-0.39, 0.29) is 12.5 Å². The van der Waals surface area contributed by atoms with Gasteiger partial charge in [0.25, 0.3) is 5.91 Å². The minimum Gasteiger partial charge on any atom is -0.486 e. The maximum atomic E-state index is 12.3. The van der Waals surface area contributed by atoms with Crippen LogP contribution in [-0.2, 0) is 4.79 Å². The molecule has 1 aliphatic carbocycles. The molecule has 6 heteroatoms. The van der Waals surface area contributed by atoms with E-state index < -0.39 is 11.4 Å². The zero-order valence-electron chi connectivity index (χ0n) is 13.0. The monoisotopic (exact) mass is 319 g/mol. The third-order valence-electron chi connectivity index (χ3n) is 4.66. The highest BCUT2D eigenvalue weighted by Crippen LogP contribution is 2.36. The van der Waals surface area contributed by atoms with E-state index in [0.29, 0.717) is 43.1 Å². The van der Waals surface area contributed by atoms with Crippen molar-refractivity contribution in [2.45, 2.75) is 32.1 Å². The number of benzene rings is 1. The lowest BCUT2D eigenvalue weighted by molar-refractivity contribution is -0.150. The predicted molar refractivity (Wildman–Crippen MR) is 82.9 cm³/mol.